The van der Waals surface area contributed by atoms with Gasteiger partial charge >= 0.3 is 6.09 Å². The molecule has 4 rings (SSSR count). The van der Waals surface area contributed by atoms with E-state index in [0.29, 0.717) is 11.8 Å². The van der Waals surface area contributed by atoms with Crippen LogP contribution in [-0.2, 0) is 4.74 Å². The van der Waals surface area contributed by atoms with E-state index >= 15 is 0 Å². The summed E-state index contributed by atoms with van der Waals surface area (Å²) in [6.45, 7) is 7.24. The zero-order valence-electron chi connectivity index (χ0n) is 16.7. The van der Waals surface area contributed by atoms with Gasteiger partial charge in [-0.05, 0) is 63.1 Å². The number of hydrogen-bond donors (Lipinski definition) is 0. The van der Waals surface area contributed by atoms with Crippen molar-refractivity contribution in [1.82, 2.24) is 14.9 Å². The predicted molar refractivity (Wildman–Crippen MR) is 106 cm³/mol. The number of carbonyl (C=O) groups excluding carboxylic acids is 1. The highest BCUT2D eigenvalue weighted by Gasteiger charge is 2.44. The summed E-state index contributed by atoms with van der Waals surface area (Å²) in [6.07, 6.45) is 7.08. The zero-order chi connectivity index (χ0) is 19.7. The first kappa shape index (κ1) is 18.7. The molecule has 1 amide bonds. The van der Waals surface area contributed by atoms with Crippen molar-refractivity contribution in [2.75, 3.05) is 13.1 Å². The van der Waals surface area contributed by atoms with Gasteiger partial charge in [0.2, 0.25) is 0 Å². The Balaban J connectivity index is 1.34. The normalized spacial score (nSPS) is 24.1. The third kappa shape index (κ3) is 4.26. The SMILES string of the molecule is CC(C)(C)OC(=O)N1CC2CC(Oc3cccc(-c4cncnc4)c3)CC2C1. The Morgan fingerprint density at radius 3 is 2.39 bits per heavy atom. The highest BCUT2D eigenvalue weighted by molar-refractivity contribution is 5.68. The molecule has 2 heterocycles. The summed E-state index contributed by atoms with van der Waals surface area (Å²) in [5.41, 5.74) is 1.58. The lowest BCUT2D eigenvalue weighted by molar-refractivity contribution is 0.0272. The number of hydrogen-bond acceptors (Lipinski definition) is 5. The van der Waals surface area contributed by atoms with E-state index in [1.54, 1.807) is 12.4 Å². The van der Waals surface area contributed by atoms with Gasteiger partial charge in [-0.3, -0.25) is 0 Å². The second-order valence-electron chi connectivity index (χ2n) is 8.77. The molecule has 2 unspecified atom stereocenters. The van der Waals surface area contributed by atoms with Crippen molar-refractivity contribution >= 4 is 6.09 Å². The zero-order valence-corrected chi connectivity index (χ0v) is 16.7. The van der Waals surface area contributed by atoms with Gasteiger partial charge in [-0.1, -0.05) is 12.1 Å². The van der Waals surface area contributed by atoms with E-state index in [0.717, 1.165) is 42.8 Å². The van der Waals surface area contributed by atoms with Gasteiger partial charge in [0, 0.05) is 31.0 Å². The first-order valence-corrected chi connectivity index (χ1v) is 9.87. The number of benzene rings is 1. The van der Waals surface area contributed by atoms with Crippen LogP contribution in [-0.4, -0.2) is 45.8 Å². The Labute approximate surface area is 165 Å². The molecule has 0 bridgehead atoms. The largest absolute Gasteiger partial charge is 0.490 e. The van der Waals surface area contributed by atoms with E-state index < -0.39 is 5.60 Å². The maximum atomic E-state index is 12.3. The molecule has 6 nitrogen and oxygen atoms in total. The van der Waals surface area contributed by atoms with Crippen molar-refractivity contribution in [3.63, 3.8) is 0 Å². The molecule has 2 fully saturated rings. The van der Waals surface area contributed by atoms with Gasteiger partial charge in [-0.25, -0.2) is 14.8 Å². The number of carbonyl (C=O) groups is 1. The summed E-state index contributed by atoms with van der Waals surface area (Å²) in [5.74, 6) is 1.85. The maximum Gasteiger partial charge on any atom is 0.410 e. The molecule has 28 heavy (non-hydrogen) atoms. The minimum absolute atomic E-state index is 0.193. The van der Waals surface area contributed by atoms with E-state index in [4.69, 9.17) is 9.47 Å². The van der Waals surface area contributed by atoms with Crippen LogP contribution in [0.2, 0.25) is 0 Å². The van der Waals surface area contributed by atoms with Gasteiger partial charge in [0.05, 0.1) is 6.10 Å². The third-order valence-corrected chi connectivity index (χ3v) is 5.39. The fraction of sp³-hybridized carbons (Fsp3) is 0.500. The van der Waals surface area contributed by atoms with E-state index in [9.17, 15) is 4.79 Å². The summed E-state index contributed by atoms with van der Waals surface area (Å²) in [5, 5.41) is 0. The van der Waals surface area contributed by atoms with Crippen molar-refractivity contribution in [1.29, 1.82) is 0 Å². The summed E-state index contributed by atoms with van der Waals surface area (Å²) < 4.78 is 11.8. The van der Waals surface area contributed by atoms with Crippen molar-refractivity contribution in [2.24, 2.45) is 11.8 Å². The molecule has 1 aromatic heterocycles. The average molecular weight is 381 g/mol. The van der Waals surface area contributed by atoms with Crippen LogP contribution in [0, 0.1) is 11.8 Å². The minimum Gasteiger partial charge on any atom is -0.490 e. The molecule has 1 saturated carbocycles. The van der Waals surface area contributed by atoms with Crippen LogP contribution in [0.15, 0.2) is 43.0 Å². The highest BCUT2D eigenvalue weighted by Crippen LogP contribution is 2.40. The van der Waals surface area contributed by atoms with Crippen molar-refractivity contribution in [2.45, 2.75) is 45.3 Å². The second kappa shape index (κ2) is 7.41. The van der Waals surface area contributed by atoms with Crippen molar-refractivity contribution < 1.29 is 14.3 Å². The van der Waals surface area contributed by atoms with Crippen LogP contribution in [0.4, 0.5) is 4.79 Å². The lowest BCUT2D eigenvalue weighted by atomic mass is 10.0. The van der Waals surface area contributed by atoms with Gasteiger partial charge in [0.15, 0.2) is 0 Å². The van der Waals surface area contributed by atoms with Gasteiger partial charge in [0.25, 0.3) is 0 Å². The number of aromatic nitrogens is 2. The molecule has 2 aromatic rings. The molecule has 1 aliphatic heterocycles. The quantitative estimate of drug-likeness (QED) is 0.798. The fourth-order valence-corrected chi connectivity index (χ4v) is 4.21. The fourth-order valence-electron chi connectivity index (χ4n) is 4.21. The Morgan fingerprint density at radius 2 is 1.75 bits per heavy atom. The summed E-state index contributed by atoms with van der Waals surface area (Å²) in [6, 6.07) is 8.07. The Bertz CT molecular complexity index is 820. The molecule has 1 aliphatic carbocycles. The third-order valence-electron chi connectivity index (χ3n) is 5.39. The van der Waals surface area contributed by atoms with Crippen LogP contribution in [0.25, 0.3) is 11.1 Å². The first-order chi connectivity index (χ1) is 13.4. The molecule has 0 spiro atoms. The van der Waals surface area contributed by atoms with E-state index in [1.165, 1.54) is 6.33 Å². The smallest absolute Gasteiger partial charge is 0.410 e. The number of fused-ring (bicyclic) bond motifs is 1. The number of likely N-dealkylation sites (tertiary alicyclic amines) is 1. The van der Waals surface area contributed by atoms with Crippen LogP contribution < -0.4 is 4.74 Å². The summed E-state index contributed by atoms with van der Waals surface area (Å²) in [7, 11) is 0. The topological polar surface area (TPSA) is 64.5 Å². The van der Waals surface area contributed by atoms with Crippen LogP contribution >= 0.6 is 0 Å². The molecule has 0 N–H and O–H groups in total. The summed E-state index contributed by atoms with van der Waals surface area (Å²) >= 11 is 0. The lowest BCUT2D eigenvalue weighted by Crippen LogP contribution is -2.36. The number of ether oxygens (including phenoxy) is 2. The molecule has 2 atom stereocenters. The van der Waals surface area contributed by atoms with Gasteiger partial charge in [0.1, 0.15) is 17.7 Å². The molecular formula is C22H27N3O3. The molecule has 1 saturated heterocycles. The Hall–Kier alpha value is -2.63. The van der Waals surface area contributed by atoms with Gasteiger partial charge in [-0.15, -0.1) is 0 Å². The lowest BCUT2D eigenvalue weighted by Gasteiger charge is -2.25. The molecule has 0 radical (unpaired) electrons. The Morgan fingerprint density at radius 1 is 1.07 bits per heavy atom. The van der Waals surface area contributed by atoms with E-state index in [2.05, 4.69) is 9.97 Å². The molecular weight excluding hydrogens is 354 g/mol. The molecule has 6 heteroatoms. The van der Waals surface area contributed by atoms with Crippen LogP contribution in [0.3, 0.4) is 0 Å². The maximum absolute atomic E-state index is 12.3. The van der Waals surface area contributed by atoms with Crippen molar-refractivity contribution in [3.8, 4) is 16.9 Å². The van der Waals surface area contributed by atoms with Gasteiger partial charge in [-0.2, -0.15) is 0 Å². The molecule has 1 aromatic carbocycles. The average Bonchev–Trinajstić information content (AvgIpc) is 3.20. The number of rotatable bonds is 3. The highest BCUT2D eigenvalue weighted by atomic mass is 16.6. The number of amides is 1. The Kier molecular flexibility index (Phi) is 4.96. The molecule has 2 aliphatic rings. The van der Waals surface area contributed by atoms with Crippen molar-refractivity contribution in [3.05, 3.63) is 43.0 Å². The van der Waals surface area contributed by atoms with E-state index in [1.807, 2.05) is 49.9 Å². The van der Waals surface area contributed by atoms with E-state index in [-0.39, 0.29) is 12.2 Å². The van der Waals surface area contributed by atoms with Crippen LogP contribution in [0.1, 0.15) is 33.6 Å². The monoisotopic (exact) mass is 381 g/mol. The standard InChI is InChI=1S/C22H27N3O3/c1-22(2,3)28-21(26)25-12-16-8-20(9-17(16)13-25)27-19-6-4-5-15(7-19)18-10-23-14-24-11-18/h4-7,10-11,14,16-17,20H,8-9,12-13H2,1-3H3. The predicted octanol–water partition coefficient (Wildman–Crippen LogP) is 4.17. The summed E-state index contributed by atoms with van der Waals surface area (Å²) in [4.78, 5) is 22.3. The minimum atomic E-state index is -0.449. The van der Waals surface area contributed by atoms with Gasteiger partial charge < -0.3 is 14.4 Å². The second-order valence-corrected chi connectivity index (χ2v) is 8.77. The first-order valence-electron chi connectivity index (χ1n) is 9.87. The molecule has 148 valence electrons. The van der Waals surface area contributed by atoms with Crippen LogP contribution in [0.5, 0.6) is 5.75 Å². The number of nitrogens with zero attached hydrogens (tertiary/aromatic N) is 3.